The third-order valence-corrected chi connectivity index (χ3v) is 11.0. The van der Waals surface area contributed by atoms with Crippen molar-refractivity contribution in [2.45, 2.75) is 88.1 Å². The third-order valence-electron chi connectivity index (χ3n) is 11.0. The fourth-order valence-electron chi connectivity index (χ4n) is 8.71. The monoisotopic (exact) mass is 576 g/mol. The van der Waals surface area contributed by atoms with E-state index in [4.69, 9.17) is 9.47 Å². The van der Waals surface area contributed by atoms with E-state index in [2.05, 4.69) is 64.4 Å². The molecule has 0 radical (unpaired) electrons. The number of nitrogens with zero attached hydrogens (tertiary/aromatic N) is 4. The third kappa shape index (κ3) is 5.90. The Hall–Kier alpha value is -2.32. The molecule has 228 valence electrons. The number of carbonyl (C=O) groups is 1. The number of methoxy groups -OCH3 is 1. The van der Waals surface area contributed by atoms with Gasteiger partial charge in [0.05, 0.1) is 37.4 Å². The van der Waals surface area contributed by atoms with Crippen molar-refractivity contribution in [2.24, 2.45) is 11.3 Å². The molecular formula is C33H48N6O3. The highest BCUT2D eigenvalue weighted by atomic mass is 16.5. The van der Waals surface area contributed by atoms with E-state index < -0.39 is 0 Å². The van der Waals surface area contributed by atoms with Crippen molar-refractivity contribution in [1.29, 1.82) is 5.26 Å². The number of hydrogen-bond acceptors (Lipinski definition) is 8. The number of ether oxygens (including phenoxy) is 2. The minimum Gasteiger partial charge on any atom is -0.377 e. The lowest BCUT2D eigenvalue weighted by Crippen LogP contribution is -2.72. The number of nitriles is 1. The van der Waals surface area contributed by atoms with E-state index in [0.29, 0.717) is 44.1 Å². The molecule has 1 spiro atoms. The second kappa shape index (κ2) is 12.7. The van der Waals surface area contributed by atoms with Gasteiger partial charge in [0.1, 0.15) is 0 Å². The minimum atomic E-state index is -0.239. The summed E-state index contributed by atoms with van der Waals surface area (Å²) in [6.45, 7) is 7.58. The highest BCUT2D eigenvalue weighted by Gasteiger charge is 2.51. The van der Waals surface area contributed by atoms with Crippen LogP contribution in [0.1, 0.15) is 62.2 Å². The van der Waals surface area contributed by atoms with Gasteiger partial charge in [0.2, 0.25) is 5.91 Å². The maximum Gasteiger partial charge on any atom is 0.246 e. The number of benzene rings is 1. The molecular weight excluding hydrogens is 528 g/mol. The van der Waals surface area contributed by atoms with Crippen molar-refractivity contribution in [3.05, 3.63) is 48.0 Å². The summed E-state index contributed by atoms with van der Waals surface area (Å²) in [6.07, 6.45) is 9.62. The van der Waals surface area contributed by atoms with Crippen LogP contribution in [0.4, 0.5) is 0 Å². The first kappa shape index (κ1) is 29.7. The fourth-order valence-corrected chi connectivity index (χ4v) is 8.71. The Morgan fingerprint density at radius 1 is 1.19 bits per heavy atom. The number of fused-ring (bicyclic) bond motifs is 2. The molecule has 1 saturated carbocycles. The molecule has 6 rings (SSSR count). The first-order valence-electron chi connectivity index (χ1n) is 15.9. The van der Waals surface area contributed by atoms with E-state index in [1.165, 1.54) is 30.0 Å². The Bertz CT molecular complexity index is 1170. The molecule has 1 amide bonds. The minimum absolute atomic E-state index is 0.0853. The van der Waals surface area contributed by atoms with Gasteiger partial charge in [0.25, 0.3) is 0 Å². The quantitative estimate of drug-likeness (QED) is 0.479. The Labute approximate surface area is 251 Å². The lowest BCUT2D eigenvalue weighted by molar-refractivity contribution is -0.138. The predicted molar refractivity (Wildman–Crippen MR) is 161 cm³/mol. The topological polar surface area (TPSA) is 93.1 Å². The molecule has 2 aliphatic carbocycles. The molecule has 4 fully saturated rings. The van der Waals surface area contributed by atoms with Crippen molar-refractivity contribution in [3.63, 3.8) is 0 Å². The zero-order valence-corrected chi connectivity index (χ0v) is 25.3. The Morgan fingerprint density at radius 3 is 2.81 bits per heavy atom. The van der Waals surface area contributed by atoms with Crippen LogP contribution >= 0.6 is 0 Å². The number of amides is 1. The molecule has 3 saturated heterocycles. The zero-order valence-electron chi connectivity index (χ0n) is 25.3. The van der Waals surface area contributed by atoms with Gasteiger partial charge in [-0.2, -0.15) is 5.26 Å². The Morgan fingerprint density at radius 2 is 2.05 bits per heavy atom. The van der Waals surface area contributed by atoms with E-state index in [1.807, 2.05) is 12.0 Å². The molecule has 0 aromatic heterocycles. The molecule has 8 atom stereocenters. The van der Waals surface area contributed by atoms with Crippen LogP contribution in [0.3, 0.4) is 0 Å². The van der Waals surface area contributed by atoms with Gasteiger partial charge in [-0.25, -0.2) is 0 Å². The fraction of sp³-hybridized carbons (Fsp3) is 0.697. The van der Waals surface area contributed by atoms with Crippen molar-refractivity contribution in [1.82, 2.24) is 25.3 Å². The molecule has 42 heavy (non-hydrogen) atoms. The summed E-state index contributed by atoms with van der Waals surface area (Å²) >= 11 is 0. The summed E-state index contributed by atoms with van der Waals surface area (Å²) in [4.78, 5) is 19.3. The maximum absolute atomic E-state index is 12.6. The molecule has 8 unspecified atom stereocenters. The summed E-state index contributed by atoms with van der Waals surface area (Å²) in [5, 5.41) is 17.3. The smallest absolute Gasteiger partial charge is 0.246 e. The Kier molecular flexibility index (Phi) is 9.01. The number of likely N-dealkylation sites (tertiary alicyclic amines) is 1. The number of likely N-dealkylation sites (N-methyl/N-ethyl adjacent to an activating group) is 1. The van der Waals surface area contributed by atoms with Crippen LogP contribution in [0.5, 0.6) is 0 Å². The summed E-state index contributed by atoms with van der Waals surface area (Å²) < 4.78 is 12.6. The zero-order chi connectivity index (χ0) is 29.3. The molecule has 5 aliphatic rings. The van der Waals surface area contributed by atoms with E-state index in [9.17, 15) is 10.1 Å². The van der Waals surface area contributed by atoms with E-state index in [1.54, 1.807) is 0 Å². The van der Waals surface area contributed by atoms with Crippen LogP contribution in [0.25, 0.3) is 0 Å². The SMILES string of the molecule is C=CC(=O)N1CCN(C2NC(OCC3CCCN3C)NC3CC4(CCC32)Cc2ccccc2C(OC)C4)CC1CC#N. The molecule has 1 aromatic rings. The lowest BCUT2D eigenvalue weighted by Gasteiger charge is -2.56. The van der Waals surface area contributed by atoms with E-state index in [-0.39, 0.29) is 36.0 Å². The lowest BCUT2D eigenvalue weighted by atomic mass is 9.59. The second-order valence-corrected chi connectivity index (χ2v) is 13.3. The maximum atomic E-state index is 12.6. The Balaban J connectivity index is 1.22. The first-order chi connectivity index (χ1) is 20.4. The molecule has 9 nitrogen and oxygen atoms in total. The number of hydrogen-bond donors (Lipinski definition) is 2. The number of carbonyl (C=O) groups excluding carboxylic acids is 1. The molecule has 3 aliphatic heterocycles. The van der Waals surface area contributed by atoms with Gasteiger partial charge in [-0.1, -0.05) is 30.8 Å². The molecule has 3 heterocycles. The van der Waals surface area contributed by atoms with Gasteiger partial charge < -0.3 is 19.3 Å². The van der Waals surface area contributed by atoms with Crippen LogP contribution in [0.15, 0.2) is 36.9 Å². The average Bonchev–Trinajstić information content (AvgIpc) is 3.43. The van der Waals surface area contributed by atoms with Gasteiger partial charge in [0.15, 0.2) is 6.35 Å². The van der Waals surface area contributed by atoms with Crippen LogP contribution in [0.2, 0.25) is 0 Å². The number of piperazine rings is 1. The molecule has 1 aromatic carbocycles. The average molecular weight is 577 g/mol. The summed E-state index contributed by atoms with van der Waals surface area (Å²) in [5.74, 6) is 0.324. The second-order valence-electron chi connectivity index (χ2n) is 13.3. The summed E-state index contributed by atoms with van der Waals surface area (Å²) in [5.41, 5.74) is 2.97. The van der Waals surface area contributed by atoms with Crippen molar-refractivity contribution < 1.29 is 14.3 Å². The predicted octanol–water partition coefficient (Wildman–Crippen LogP) is 3.00. The summed E-state index contributed by atoms with van der Waals surface area (Å²) in [6, 6.07) is 11.8. The van der Waals surface area contributed by atoms with E-state index >= 15 is 0 Å². The van der Waals surface area contributed by atoms with Crippen molar-refractivity contribution in [2.75, 3.05) is 46.9 Å². The van der Waals surface area contributed by atoms with Crippen LogP contribution in [0, 0.1) is 22.7 Å². The van der Waals surface area contributed by atoms with Gasteiger partial charge in [-0.05, 0) is 81.2 Å². The number of nitrogens with one attached hydrogen (secondary N) is 2. The summed E-state index contributed by atoms with van der Waals surface area (Å²) in [7, 11) is 4.04. The van der Waals surface area contributed by atoms with Gasteiger partial charge in [-0.3, -0.25) is 20.3 Å². The van der Waals surface area contributed by atoms with Gasteiger partial charge >= 0.3 is 0 Å². The largest absolute Gasteiger partial charge is 0.377 e. The molecule has 9 heteroatoms. The van der Waals surface area contributed by atoms with Crippen LogP contribution in [-0.4, -0.2) is 98.2 Å². The van der Waals surface area contributed by atoms with Crippen LogP contribution < -0.4 is 10.6 Å². The highest BCUT2D eigenvalue weighted by molar-refractivity contribution is 5.87. The van der Waals surface area contributed by atoms with Gasteiger partial charge in [-0.15, -0.1) is 0 Å². The normalized spacial score (nSPS) is 37.2. The van der Waals surface area contributed by atoms with Gasteiger partial charge in [0, 0.05) is 44.7 Å². The first-order valence-corrected chi connectivity index (χ1v) is 15.9. The van der Waals surface area contributed by atoms with E-state index in [0.717, 1.165) is 45.2 Å². The number of rotatable bonds is 7. The highest BCUT2D eigenvalue weighted by Crippen LogP contribution is 2.53. The standard InChI is InChI=1S/C33H48N6O3/c1-4-30(40)39-17-16-38(21-24(39)12-14-34)31-27-11-13-33(18-23-8-5-6-10-26(23)29(20-33)41-3)19-28(27)35-32(36-31)42-22-25-9-7-15-37(25)2/h4-6,8,10,24-25,27-29,31-32,35-36H,1,7,9,11-13,15-22H2,2-3H3. The molecule has 0 bridgehead atoms. The molecule has 2 N–H and O–H groups in total. The van der Waals surface area contributed by atoms with Crippen LogP contribution in [-0.2, 0) is 20.7 Å². The van der Waals surface area contributed by atoms with Crippen molar-refractivity contribution in [3.8, 4) is 6.07 Å². The van der Waals surface area contributed by atoms with Crippen molar-refractivity contribution >= 4 is 5.91 Å².